The Hall–Kier alpha value is -0.400. The van der Waals surface area contributed by atoms with E-state index in [1.165, 1.54) is 6.07 Å². The number of allylic oxidation sites excluding steroid dienone is 1. The van der Waals surface area contributed by atoms with E-state index in [1.54, 1.807) is 12.1 Å². The Morgan fingerprint density at radius 2 is 2.10 bits per heavy atom. The minimum absolute atomic E-state index is 0.000749. The Morgan fingerprint density at radius 1 is 1.48 bits per heavy atom. The highest BCUT2D eigenvalue weighted by molar-refractivity contribution is 7.91. The van der Waals surface area contributed by atoms with Crippen molar-refractivity contribution in [1.82, 2.24) is 4.72 Å². The molecule has 1 rings (SSSR count). The molecular weight excluding hydrogens is 330 g/mol. The van der Waals surface area contributed by atoms with Crippen LogP contribution in [-0.4, -0.2) is 25.7 Å². The third kappa shape index (κ3) is 5.38. The molecular formula is C14H22ClNO3S2. The van der Waals surface area contributed by atoms with Gasteiger partial charge < -0.3 is 5.11 Å². The van der Waals surface area contributed by atoms with E-state index in [0.717, 1.165) is 23.3 Å². The van der Waals surface area contributed by atoms with Crippen molar-refractivity contribution in [2.24, 2.45) is 5.92 Å². The number of hydrogen-bond donors (Lipinski definition) is 2. The fourth-order valence-corrected chi connectivity index (χ4v) is 4.76. The van der Waals surface area contributed by atoms with Crippen molar-refractivity contribution >= 4 is 33.0 Å². The van der Waals surface area contributed by atoms with Crippen LogP contribution in [0, 0.1) is 5.92 Å². The fourth-order valence-electron chi connectivity index (χ4n) is 1.90. The van der Waals surface area contributed by atoms with E-state index in [2.05, 4.69) is 4.72 Å². The van der Waals surface area contributed by atoms with Crippen LogP contribution >= 0.6 is 22.9 Å². The van der Waals surface area contributed by atoms with Crippen LogP contribution in [0.2, 0.25) is 4.34 Å². The van der Waals surface area contributed by atoms with Crippen molar-refractivity contribution in [2.75, 3.05) is 0 Å². The lowest BCUT2D eigenvalue weighted by Crippen LogP contribution is -2.46. The van der Waals surface area contributed by atoms with Gasteiger partial charge in [0.05, 0.1) is 16.5 Å². The van der Waals surface area contributed by atoms with Crippen LogP contribution in [0.15, 0.2) is 28.0 Å². The van der Waals surface area contributed by atoms with E-state index in [1.807, 2.05) is 27.7 Å². The van der Waals surface area contributed by atoms with Gasteiger partial charge in [0.1, 0.15) is 4.21 Å². The first kappa shape index (κ1) is 18.6. The van der Waals surface area contributed by atoms with Gasteiger partial charge in [-0.15, -0.1) is 11.3 Å². The molecule has 1 unspecified atom stereocenters. The molecule has 0 bridgehead atoms. The molecule has 0 spiro atoms. The van der Waals surface area contributed by atoms with Crippen molar-refractivity contribution in [3.05, 3.63) is 28.1 Å². The Morgan fingerprint density at radius 3 is 2.52 bits per heavy atom. The van der Waals surface area contributed by atoms with Gasteiger partial charge in [-0.1, -0.05) is 43.5 Å². The van der Waals surface area contributed by atoms with E-state index in [4.69, 9.17) is 11.6 Å². The van der Waals surface area contributed by atoms with Crippen molar-refractivity contribution in [3.63, 3.8) is 0 Å². The zero-order valence-electron chi connectivity index (χ0n) is 12.6. The first-order chi connectivity index (χ1) is 9.67. The molecule has 0 radical (unpaired) electrons. The van der Waals surface area contributed by atoms with Gasteiger partial charge in [-0.3, -0.25) is 0 Å². The number of hydrogen-bond acceptors (Lipinski definition) is 4. The average molecular weight is 352 g/mol. The highest BCUT2D eigenvalue weighted by Gasteiger charge is 2.29. The summed E-state index contributed by atoms with van der Waals surface area (Å²) in [6.45, 7) is 7.61. The number of sulfonamides is 1. The molecule has 1 aromatic heterocycles. The topological polar surface area (TPSA) is 66.4 Å². The Balaban J connectivity index is 3.03. The summed E-state index contributed by atoms with van der Waals surface area (Å²) >= 11 is 6.79. The molecule has 0 aliphatic heterocycles. The molecule has 0 aliphatic carbocycles. The first-order valence-electron chi connectivity index (χ1n) is 6.78. The van der Waals surface area contributed by atoms with Gasteiger partial charge in [0.15, 0.2) is 0 Å². The quantitative estimate of drug-likeness (QED) is 0.739. The second-order valence-corrected chi connectivity index (χ2v) is 8.98. The lowest BCUT2D eigenvalue weighted by Gasteiger charge is -2.27. The molecule has 7 heteroatoms. The molecule has 1 aromatic rings. The molecule has 2 N–H and O–H groups in total. The zero-order valence-corrected chi connectivity index (χ0v) is 15.0. The predicted octanol–water partition coefficient (Wildman–Crippen LogP) is 3.42. The summed E-state index contributed by atoms with van der Waals surface area (Å²) in [6.07, 6.45) is 1.56. The van der Waals surface area contributed by atoms with Gasteiger partial charge in [0.25, 0.3) is 0 Å². The zero-order chi connectivity index (χ0) is 16.2. The third-order valence-corrected chi connectivity index (χ3v) is 6.42. The molecule has 0 saturated carbocycles. The summed E-state index contributed by atoms with van der Waals surface area (Å²) in [5.74, 6) is 0.000749. The van der Waals surface area contributed by atoms with Gasteiger partial charge in [0, 0.05) is 0 Å². The highest BCUT2D eigenvalue weighted by atomic mass is 35.5. The van der Waals surface area contributed by atoms with Crippen molar-refractivity contribution in [2.45, 2.75) is 50.5 Å². The number of rotatable bonds is 7. The minimum atomic E-state index is -3.68. The minimum Gasteiger partial charge on any atom is -0.387 e. The van der Waals surface area contributed by atoms with Crippen LogP contribution in [0.3, 0.4) is 0 Å². The third-order valence-electron chi connectivity index (χ3n) is 3.23. The maximum atomic E-state index is 12.4. The smallest absolute Gasteiger partial charge is 0.250 e. The molecule has 0 aromatic carbocycles. The number of thiophene rings is 1. The molecule has 21 heavy (non-hydrogen) atoms. The lowest BCUT2D eigenvalue weighted by molar-refractivity contribution is 0.152. The summed E-state index contributed by atoms with van der Waals surface area (Å²) in [5, 5.41) is 10.3. The Bertz CT molecular complexity index is 591. The number of halogens is 1. The summed E-state index contributed by atoms with van der Waals surface area (Å²) in [4.78, 5) is 0. The second kappa shape index (κ2) is 7.74. The van der Waals surface area contributed by atoms with Crippen LogP contribution in [0.4, 0.5) is 0 Å². The van der Waals surface area contributed by atoms with Gasteiger partial charge in [-0.05, 0) is 31.9 Å². The molecule has 0 amide bonds. The number of nitrogens with one attached hydrogen (secondary N) is 1. The van der Waals surface area contributed by atoms with E-state index in [9.17, 15) is 13.5 Å². The van der Waals surface area contributed by atoms with Gasteiger partial charge in [-0.2, -0.15) is 0 Å². The fraction of sp³-hybridized carbons (Fsp3) is 0.571. The number of aliphatic hydroxyl groups is 1. The van der Waals surface area contributed by atoms with E-state index in [0.29, 0.717) is 4.34 Å². The standard InChI is InChI=1S/C14H22ClNO3S2/c1-5-10(4)14(11(17)8-9(2)3)16-21(18,19)13-7-6-12(15)20-13/h6-8,10-11,14,16-17H,5H2,1-4H3/t10-,11-,14?/m0/s1. The summed E-state index contributed by atoms with van der Waals surface area (Å²) in [5.41, 5.74) is 0.939. The van der Waals surface area contributed by atoms with Crippen molar-refractivity contribution in [3.8, 4) is 0 Å². The van der Waals surface area contributed by atoms with Gasteiger partial charge in [-0.25, -0.2) is 13.1 Å². The second-order valence-electron chi connectivity index (χ2n) is 5.33. The van der Waals surface area contributed by atoms with E-state index in [-0.39, 0.29) is 10.1 Å². The largest absolute Gasteiger partial charge is 0.387 e. The van der Waals surface area contributed by atoms with Crippen LogP contribution in [0.25, 0.3) is 0 Å². The molecule has 0 saturated heterocycles. The maximum Gasteiger partial charge on any atom is 0.250 e. The molecule has 120 valence electrons. The summed E-state index contributed by atoms with van der Waals surface area (Å²) in [7, 11) is -3.68. The summed E-state index contributed by atoms with van der Waals surface area (Å²) in [6, 6.07) is 2.44. The average Bonchev–Trinajstić information content (AvgIpc) is 2.81. The molecule has 3 atom stereocenters. The lowest BCUT2D eigenvalue weighted by atomic mass is 9.94. The van der Waals surface area contributed by atoms with Crippen LogP contribution in [0.1, 0.15) is 34.1 Å². The van der Waals surface area contributed by atoms with Gasteiger partial charge in [0.2, 0.25) is 10.0 Å². The maximum absolute atomic E-state index is 12.4. The molecule has 0 aliphatic rings. The normalized spacial score (nSPS) is 16.3. The highest BCUT2D eigenvalue weighted by Crippen LogP contribution is 2.26. The predicted molar refractivity (Wildman–Crippen MR) is 88.3 cm³/mol. The van der Waals surface area contributed by atoms with Crippen LogP contribution in [-0.2, 0) is 10.0 Å². The molecule has 4 nitrogen and oxygen atoms in total. The first-order valence-corrected chi connectivity index (χ1v) is 9.46. The van der Waals surface area contributed by atoms with E-state index < -0.39 is 22.2 Å². The number of aliphatic hydroxyl groups excluding tert-OH is 1. The monoisotopic (exact) mass is 351 g/mol. The molecule has 0 fully saturated rings. The summed E-state index contributed by atoms with van der Waals surface area (Å²) < 4.78 is 27.9. The Kier molecular flexibility index (Phi) is 6.87. The molecule has 1 heterocycles. The van der Waals surface area contributed by atoms with Crippen molar-refractivity contribution in [1.29, 1.82) is 0 Å². The van der Waals surface area contributed by atoms with Crippen LogP contribution in [0.5, 0.6) is 0 Å². The van der Waals surface area contributed by atoms with Crippen LogP contribution < -0.4 is 4.72 Å². The SMILES string of the molecule is CC[C@H](C)C(NS(=O)(=O)c1ccc(Cl)s1)[C@@H](O)C=C(C)C. The van der Waals surface area contributed by atoms with Gasteiger partial charge >= 0.3 is 0 Å². The van der Waals surface area contributed by atoms with E-state index >= 15 is 0 Å². The Labute approximate surface area is 135 Å². The van der Waals surface area contributed by atoms with Crippen molar-refractivity contribution < 1.29 is 13.5 Å².